The summed E-state index contributed by atoms with van der Waals surface area (Å²) in [5.74, 6) is -0.0765. The molecule has 7 heteroatoms. The normalized spacial score (nSPS) is 10.3. The first-order chi connectivity index (χ1) is 10.5. The van der Waals surface area contributed by atoms with E-state index in [1.807, 2.05) is 19.9 Å². The van der Waals surface area contributed by atoms with Gasteiger partial charge >= 0.3 is 0 Å². The minimum Gasteiger partial charge on any atom is -0.383 e. The molecule has 1 heterocycles. The van der Waals surface area contributed by atoms with Crippen LogP contribution in [0.1, 0.15) is 20.1 Å². The van der Waals surface area contributed by atoms with Crippen molar-refractivity contribution < 1.29 is 9.72 Å². The van der Waals surface area contributed by atoms with Crippen LogP contribution in [0.15, 0.2) is 30.3 Å². The number of rotatable bonds is 6. The molecule has 0 unspecified atom stereocenters. The van der Waals surface area contributed by atoms with Crippen molar-refractivity contribution in [2.45, 2.75) is 13.8 Å². The molecule has 0 saturated carbocycles. The number of nitro groups is 1. The van der Waals surface area contributed by atoms with Crippen LogP contribution in [-0.4, -0.2) is 23.9 Å². The molecule has 0 atom stereocenters. The van der Waals surface area contributed by atoms with E-state index in [4.69, 9.17) is 0 Å². The number of thiophene rings is 1. The molecule has 2 rings (SSSR count). The molecular formula is C15H17N3O3S. The quantitative estimate of drug-likeness (QED) is 0.487. The highest BCUT2D eigenvalue weighted by Crippen LogP contribution is 2.20. The van der Waals surface area contributed by atoms with Crippen molar-refractivity contribution in [1.82, 2.24) is 5.32 Å². The van der Waals surface area contributed by atoms with Crippen LogP contribution in [0.4, 0.5) is 11.4 Å². The summed E-state index contributed by atoms with van der Waals surface area (Å²) in [5, 5.41) is 16.5. The van der Waals surface area contributed by atoms with Crippen molar-refractivity contribution in [2.24, 2.45) is 0 Å². The monoisotopic (exact) mass is 319 g/mol. The van der Waals surface area contributed by atoms with Gasteiger partial charge in [0, 0.05) is 40.7 Å². The fourth-order valence-electron chi connectivity index (χ4n) is 2.04. The van der Waals surface area contributed by atoms with E-state index in [0.717, 1.165) is 21.0 Å². The zero-order valence-electron chi connectivity index (χ0n) is 12.4. The minimum atomic E-state index is -0.435. The molecular weight excluding hydrogens is 302 g/mol. The lowest BCUT2D eigenvalue weighted by atomic mass is 10.2. The lowest BCUT2D eigenvalue weighted by molar-refractivity contribution is -0.384. The van der Waals surface area contributed by atoms with E-state index in [1.54, 1.807) is 23.5 Å². The summed E-state index contributed by atoms with van der Waals surface area (Å²) in [4.78, 5) is 24.2. The number of carbonyl (C=O) groups excluding carboxylic acids is 1. The smallest absolute Gasteiger partial charge is 0.269 e. The predicted molar refractivity (Wildman–Crippen MR) is 87.7 cm³/mol. The lowest BCUT2D eigenvalue weighted by Crippen LogP contribution is -2.28. The van der Waals surface area contributed by atoms with Gasteiger partial charge in [-0.3, -0.25) is 14.9 Å². The van der Waals surface area contributed by atoms with Crippen LogP contribution < -0.4 is 10.6 Å². The second-order valence-corrected chi connectivity index (χ2v) is 6.27. The summed E-state index contributed by atoms with van der Waals surface area (Å²) in [6.45, 7) is 4.93. The molecule has 2 N–H and O–H groups in total. The Morgan fingerprint density at radius 1 is 1.23 bits per heavy atom. The largest absolute Gasteiger partial charge is 0.383 e. The van der Waals surface area contributed by atoms with Crippen molar-refractivity contribution in [2.75, 3.05) is 18.4 Å². The summed E-state index contributed by atoms with van der Waals surface area (Å²) < 4.78 is 0. The van der Waals surface area contributed by atoms with Crippen molar-refractivity contribution in [1.29, 1.82) is 0 Å². The van der Waals surface area contributed by atoms with Gasteiger partial charge in [-0.15, -0.1) is 11.3 Å². The second-order valence-electron chi connectivity index (χ2n) is 4.81. The molecule has 0 spiro atoms. The molecule has 1 amide bonds. The Morgan fingerprint density at radius 3 is 2.45 bits per heavy atom. The van der Waals surface area contributed by atoms with Crippen LogP contribution in [0.5, 0.6) is 0 Å². The molecule has 0 aliphatic carbocycles. The number of non-ortho nitro benzene ring substituents is 1. The van der Waals surface area contributed by atoms with Gasteiger partial charge in [0.2, 0.25) is 0 Å². The Hall–Kier alpha value is -2.41. The van der Waals surface area contributed by atoms with Crippen LogP contribution in [0.3, 0.4) is 0 Å². The Bertz CT molecular complexity index is 680. The number of amides is 1. The Morgan fingerprint density at radius 2 is 1.91 bits per heavy atom. The van der Waals surface area contributed by atoms with E-state index in [0.29, 0.717) is 13.1 Å². The van der Waals surface area contributed by atoms with Crippen LogP contribution in [0.2, 0.25) is 0 Å². The maximum Gasteiger partial charge on any atom is 0.269 e. The summed E-state index contributed by atoms with van der Waals surface area (Å²) in [6, 6.07) is 8.06. The average Bonchev–Trinajstić information content (AvgIpc) is 2.82. The first kappa shape index (κ1) is 16.0. The number of nitrogens with zero attached hydrogens (tertiary/aromatic N) is 1. The van der Waals surface area contributed by atoms with Gasteiger partial charge < -0.3 is 10.6 Å². The first-order valence-corrected chi connectivity index (χ1v) is 7.62. The fourth-order valence-corrected chi connectivity index (χ4v) is 2.96. The third-order valence-electron chi connectivity index (χ3n) is 3.10. The van der Waals surface area contributed by atoms with Crippen LogP contribution in [0.25, 0.3) is 0 Å². The Balaban J connectivity index is 1.78. The number of anilines is 1. The highest BCUT2D eigenvalue weighted by molar-refractivity contribution is 7.12. The number of aryl methyl sites for hydroxylation is 2. The maximum absolute atomic E-state index is 12.0. The SMILES string of the molecule is Cc1cc(C(=O)NCCNc2ccc([N+](=O)[O-])cc2)c(C)s1. The molecule has 0 bridgehead atoms. The van der Waals surface area contributed by atoms with Crippen LogP contribution in [0, 0.1) is 24.0 Å². The van der Waals surface area contributed by atoms with Crippen molar-refractivity contribution >= 4 is 28.6 Å². The van der Waals surface area contributed by atoms with E-state index >= 15 is 0 Å². The van der Waals surface area contributed by atoms with E-state index in [9.17, 15) is 14.9 Å². The number of nitrogens with one attached hydrogen (secondary N) is 2. The summed E-state index contributed by atoms with van der Waals surface area (Å²) in [6.07, 6.45) is 0. The molecule has 1 aromatic heterocycles. The van der Waals surface area contributed by atoms with E-state index in [2.05, 4.69) is 10.6 Å². The topological polar surface area (TPSA) is 84.3 Å². The van der Waals surface area contributed by atoms with E-state index < -0.39 is 4.92 Å². The third kappa shape index (κ3) is 4.05. The Kier molecular flexibility index (Phi) is 5.11. The van der Waals surface area contributed by atoms with Crippen molar-refractivity contribution in [3.05, 3.63) is 55.8 Å². The minimum absolute atomic E-state index is 0.0576. The molecule has 0 radical (unpaired) electrons. The van der Waals surface area contributed by atoms with Crippen LogP contribution in [-0.2, 0) is 0 Å². The number of nitro benzene ring substituents is 1. The number of hydrogen-bond acceptors (Lipinski definition) is 5. The maximum atomic E-state index is 12.0. The van der Waals surface area contributed by atoms with Gasteiger partial charge in [-0.05, 0) is 32.0 Å². The van der Waals surface area contributed by atoms with Crippen molar-refractivity contribution in [3.8, 4) is 0 Å². The van der Waals surface area contributed by atoms with Crippen molar-refractivity contribution in [3.63, 3.8) is 0 Å². The number of benzene rings is 1. The number of carbonyl (C=O) groups is 1. The van der Waals surface area contributed by atoms with Gasteiger partial charge in [0.25, 0.3) is 11.6 Å². The third-order valence-corrected chi connectivity index (χ3v) is 4.07. The first-order valence-electron chi connectivity index (χ1n) is 6.81. The summed E-state index contributed by atoms with van der Waals surface area (Å²) in [7, 11) is 0. The Labute approximate surface area is 132 Å². The van der Waals surface area contributed by atoms with Crippen LogP contribution >= 0.6 is 11.3 Å². The molecule has 1 aromatic carbocycles. The summed E-state index contributed by atoms with van der Waals surface area (Å²) >= 11 is 1.61. The molecule has 6 nitrogen and oxygen atoms in total. The zero-order chi connectivity index (χ0) is 16.1. The molecule has 22 heavy (non-hydrogen) atoms. The van der Waals surface area contributed by atoms with Gasteiger partial charge in [-0.2, -0.15) is 0 Å². The van der Waals surface area contributed by atoms with Gasteiger partial charge in [0.15, 0.2) is 0 Å². The summed E-state index contributed by atoms with van der Waals surface area (Å²) in [5.41, 5.74) is 1.56. The highest BCUT2D eigenvalue weighted by atomic mass is 32.1. The zero-order valence-corrected chi connectivity index (χ0v) is 13.2. The molecule has 0 aliphatic heterocycles. The van der Waals surface area contributed by atoms with Gasteiger partial charge in [-0.1, -0.05) is 0 Å². The molecule has 2 aromatic rings. The van der Waals surface area contributed by atoms with E-state index in [1.165, 1.54) is 12.1 Å². The fraction of sp³-hybridized carbons (Fsp3) is 0.267. The molecule has 0 saturated heterocycles. The van der Waals surface area contributed by atoms with Gasteiger partial charge in [-0.25, -0.2) is 0 Å². The van der Waals surface area contributed by atoms with Gasteiger partial charge in [0.05, 0.1) is 10.5 Å². The molecule has 0 fully saturated rings. The molecule has 0 aliphatic rings. The molecule has 116 valence electrons. The lowest BCUT2D eigenvalue weighted by Gasteiger charge is -2.07. The highest BCUT2D eigenvalue weighted by Gasteiger charge is 2.11. The van der Waals surface area contributed by atoms with Gasteiger partial charge in [0.1, 0.15) is 0 Å². The standard InChI is InChI=1S/C15H17N3O3S/c1-10-9-14(11(2)22-10)15(19)17-8-7-16-12-3-5-13(6-4-12)18(20)21/h3-6,9,16H,7-8H2,1-2H3,(H,17,19). The number of hydrogen-bond donors (Lipinski definition) is 2. The average molecular weight is 319 g/mol. The second kappa shape index (κ2) is 7.04. The van der Waals surface area contributed by atoms with E-state index in [-0.39, 0.29) is 11.6 Å². The predicted octanol–water partition coefficient (Wildman–Crippen LogP) is 3.12.